The zero-order valence-corrected chi connectivity index (χ0v) is 14.8. The van der Waals surface area contributed by atoms with E-state index < -0.39 is 0 Å². The van der Waals surface area contributed by atoms with Crippen LogP contribution in [-0.4, -0.2) is 16.3 Å². The summed E-state index contributed by atoms with van der Waals surface area (Å²) in [5.74, 6) is 0.874. The molecule has 0 fully saturated rings. The number of halogens is 2. The molecular weight excluding hydrogens is 354 g/mol. The molecule has 0 aliphatic heterocycles. The number of nitrogens with zero attached hydrogens (tertiary/aromatic N) is 2. The Morgan fingerprint density at radius 3 is 2.67 bits per heavy atom. The Morgan fingerprint density at radius 1 is 1.38 bits per heavy atom. The summed E-state index contributed by atoms with van der Waals surface area (Å²) >= 11 is 9.76. The zero-order chi connectivity index (χ0) is 15.6. The van der Waals surface area contributed by atoms with Crippen LogP contribution in [0, 0.1) is 13.8 Å². The van der Waals surface area contributed by atoms with Crippen molar-refractivity contribution in [3.63, 3.8) is 0 Å². The molecule has 0 unspecified atom stereocenters. The van der Waals surface area contributed by atoms with Gasteiger partial charge in [-0.15, -0.1) is 0 Å². The molecule has 0 aliphatic carbocycles. The predicted molar refractivity (Wildman–Crippen MR) is 88.9 cm³/mol. The monoisotopic (exact) mass is 371 g/mol. The number of hydrogen-bond acceptors (Lipinski definition) is 3. The zero-order valence-electron chi connectivity index (χ0n) is 12.4. The lowest BCUT2D eigenvalue weighted by molar-refractivity contribution is 0.290. The van der Waals surface area contributed by atoms with E-state index in [4.69, 9.17) is 22.1 Å². The van der Waals surface area contributed by atoms with Crippen molar-refractivity contribution in [2.24, 2.45) is 12.8 Å². The molecule has 2 N–H and O–H groups in total. The topological polar surface area (TPSA) is 53.1 Å². The van der Waals surface area contributed by atoms with Gasteiger partial charge in [-0.1, -0.05) is 27.5 Å². The van der Waals surface area contributed by atoms with E-state index in [1.54, 1.807) is 4.68 Å². The molecule has 0 atom stereocenters. The minimum Gasteiger partial charge on any atom is -0.487 e. The third kappa shape index (κ3) is 3.59. The largest absolute Gasteiger partial charge is 0.487 e. The van der Waals surface area contributed by atoms with E-state index in [1.807, 2.05) is 33.0 Å². The van der Waals surface area contributed by atoms with E-state index in [0.29, 0.717) is 18.2 Å². The highest BCUT2D eigenvalue weighted by atomic mass is 79.9. The molecule has 0 radical (unpaired) electrons. The smallest absolute Gasteiger partial charge is 0.131 e. The summed E-state index contributed by atoms with van der Waals surface area (Å²) in [7, 11) is 1.87. The highest BCUT2D eigenvalue weighted by Gasteiger charge is 2.14. The van der Waals surface area contributed by atoms with Crippen molar-refractivity contribution in [3.05, 3.63) is 44.1 Å². The van der Waals surface area contributed by atoms with Crippen LogP contribution in [0.15, 0.2) is 16.6 Å². The second-order valence-electron chi connectivity index (χ2n) is 5.01. The summed E-state index contributed by atoms with van der Waals surface area (Å²) in [4.78, 5) is 0. The van der Waals surface area contributed by atoms with E-state index in [2.05, 4.69) is 21.0 Å². The molecule has 0 spiro atoms. The van der Waals surface area contributed by atoms with Crippen LogP contribution < -0.4 is 10.5 Å². The lowest BCUT2D eigenvalue weighted by Crippen LogP contribution is -2.08. The summed E-state index contributed by atoms with van der Waals surface area (Å²) in [6.45, 7) is 4.88. The van der Waals surface area contributed by atoms with Gasteiger partial charge in [0, 0.05) is 11.5 Å². The Kier molecular flexibility index (Phi) is 5.30. The van der Waals surface area contributed by atoms with Gasteiger partial charge in [-0.25, -0.2) is 0 Å². The average molecular weight is 373 g/mol. The van der Waals surface area contributed by atoms with Crippen molar-refractivity contribution >= 4 is 27.5 Å². The second-order valence-corrected chi connectivity index (χ2v) is 6.30. The summed E-state index contributed by atoms with van der Waals surface area (Å²) < 4.78 is 8.81. The molecule has 114 valence electrons. The van der Waals surface area contributed by atoms with Gasteiger partial charge in [0.15, 0.2) is 0 Å². The van der Waals surface area contributed by atoms with Crippen LogP contribution >= 0.6 is 27.5 Å². The standard InChI is InChI=1S/C15H19BrClN3O/c1-9-6-12(16)7-11(4-5-18)15(9)21-8-13-14(17)10(2)19-20(13)3/h6-7H,4-5,8,18H2,1-3H3. The Balaban J connectivity index is 2.27. The number of aromatic nitrogens is 2. The predicted octanol–water partition coefficient (Wildman–Crippen LogP) is 3.53. The Labute approximate surface area is 138 Å². The first-order valence-electron chi connectivity index (χ1n) is 6.74. The number of hydrogen-bond donors (Lipinski definition) is 1. The number of aryl methyl sites for hydroxylation is 3. The Hall–Kier alpha value is -1.04. The third-order valence-electron chi connectivity index (χ3n) is 3.34. The van der Waals surface area contributed by atoms with Crippen molar-refractivity contribution in [2.45, 2.75) is 26.9 Å². The molecule has 0 saturated carbocycles. The molecule has 1 aromatic carbocycles. The van der Waals surface area contributed by atoms with Crippen molar-refractivity contribution in [1.82, 2.24) is 9.78 Å². The van der Waals surface area contributed by atoms with Crippen LogP contribution in [0.3, 0.4) is 0 Å². The molecule has 2 aromatic rings. The van der Waals surface area contributed by atoms with Gasteiger partial charge in [-0.2, -0.15) is 5.10 Å². The lowest BCUT2D eigenvalue weighted by atomic mass is 10.1. The van der Waals surface area contributed by atoms with E-state index >= 15 is 0 Å². The molecule has 1 heterocycles. The Bertz CT molecular complexity index is 655. The molecule has 1 aromatic heterocycles. The Morgan fingerprint density at radius 2 is 2.10 bits per heavy atom. The van der Waals surface area contributed by atoms with E-state index in [1.165, 1.54) is 0 Å². The van der Waals surface area contributed by atoms with Gasteiger partial charge in [-0.05, 0) is 50.1 Å². The normalized spacial score (nSPS) is 11.0. The number of benzene rings is 1. The molecule has 0 amide bonds. The van der Waals surface area contributed by atoms with Crippen LogP contribution in [0.4, 0.5) is 0 Å². The number of nitrogens with two attached hydrogens (primary N) is 1. The van der Waals surface area contributed by atoms with Crippen molar-refractivity contribution in [3.8, 4) is 5.75 Å². The molecule has 0 aliphatic rings. The molecule has 2 rings (SSSR count). The van der Waals surface area contributed by atoms with Crippen molar-refractivity contribution < 1.29 is 4.74 Å². The molecule has 0 saturated heterocycles. The minimum atomic E-state index is 0.385. The molecule has 21 heavy (non-hydrogen) atoms. The van der Waals surface area contributed by atoms with Crippen molar-refractivity contribution in [1.29, 1.82) is 0 Å². The lowest BCUT2D eigenvalue weighted by Gasteiger charge is -2.15. The maximum Gasteiger partial charge on any atom is 0.131 e. The maximum absolute atomic E-state index is 6.26. The van der Waals surface area contributed by atoms with Gasteiger partial charge in [0.2, 0.25) is 0 Å². The first-order chi connectivity index (χ1) is 9.93. The number of ether oxygens (including phenoxy) is 1. The summed E-state index contributed by atoms with van der Waals surface area (Å²) in [5, 5.41) is 4.96. The minimum absolute atomic E-state index is 0.385. The van der Waals surface area contributed by atoms with E-state index in [9.17, 15) is 0 Å². The fourth-order valence-electron chi connectivity index (χ4n) is 2.32. The van der Waals surface area contributed by atoms with Gasteiger partial charge in [0.25, 0.3) is 0 Å². The molecule has 4 nitrogen and oxygen atoms in total. The third-order valence-corrected chi connectivity index (χ3v) is 4.29. The van der Waals surface area contributed by atoms with Crippen LogP contribution in [0.1, 0.15) is 22.5 Å². The van der Waals surface area contributed by atoms with Crippen LogP contribution in [0.5, 0.6) is 5.75 Å². The first-order valence-corrected chi connectivity index (χ1v) is 7.91. The average Bonchev–Trinajstić information content (AvgIpc) is 2.64. The van der Waals surface area contributed by atoms with Gasteiger partial charge in [0.05, 0.1) is 16.4 Å². The van der Waals surface area contributed by atoms with E-state index in [-0.39, 0.29) is 0 Å². The van der Waals surface area contributed by atoms with Crippen molar-refractivity contribution in [2.75, 3.05) is 6.54 Å². The fourth-order valence-corrected chi connectivity index (χ4v) is 3.16. The highest BCUT2D eigenvalue weighted by Crippen LogP contribution is 2.30. The maximum atomic E-state index is 6.26. The summed E-state index contributed by atoms with van der Waals surface area (Å²) in [5.41, 5.74) is 9.53. The van der Waals surface area contributed by atoms with Gasteiger partial charge < -0.3 is 10.5 Å². The van der Waals surface area contributed by atoms with Crippen LogP contribution in [-0.2, 0) is 20.1 Å². The summed E-state index contributed by atoms with van der Waals surface area (Å²) in [6.07, 6.45) is 0.772. The van der Waals surface area contributed by atoms with Gasteiger partial charge in [0.1, 0.15) is 12.4 Å². The van der Waals surface area contributed by atoms with Crippen LogP contribution in [0.25, 0.3) is 0 Å². The molecular formula is C15H19BrClN3O. The second kappa shape index (κ2) is 6.81. The molecule has 6 heteroatoms. The van der Waals surface area contributed by atoms with E-state index in [0.717, 1.165) is 39.2 Å². The molecule has 0 bridgehead atoms. The number of rotatable bonds is 5. The first kappa shape index (κ1) is 16.3. The van der Waals surface area contributed by atoms with Gasteiger partial charge >= 0.3 is 0 Å². The van der Waals surface area contributed by atoms with Crippen LogP contribution in [0.2, 0.25) is 5.02 Å². The quantitative estimate of drug-likeness (QED) is 0.873. The highest BCUT2D eigenvalue weighted by molar-refractivity contribution is 9.10. The fraction of sp³-hybridized carbons (Fsp3) is 0.400. The van der Waals surface area contributed by atoms with Gasteiger partial charge in [-0.3, -0.25) is 4.68 Å². The summed E-state index contributed by atoms with van der Waals surface area (Å²) in [6, 6.07) is 4.08. The SMILES string of the molecule is Cc1cc(Br)cc(CCN)c1OCc1c(Cl)c(C)nn1C.